The fourth-order valence-corrected chi connectivity index (χ4v) is 4.62. The standard InChI is InChI=1S/C28H20F4N6O3/c1-27(2)25(40)37(18-7-9-23(33-3)20(11-18)28(30,31)32)26(41)38(27)19-6-4-16(21(29)12-19)13-34-24(39)15-5-8-22-17(10-15)14-35-36-22/h4-12,14H,13H2,1-2H3,(H,34,39)(H,35,36). The van der Waals surface area contributed by atoms with Gasteiger partial charge in [-0.3, -0.25) is 19.6 Å². The lowest BCUT2D eigenvalue weighted by Gasteiger charge is -2.28. The minimum Gasteiger partial charge on any atom is -0.348 e. The van der Waals surface area contributed by atoms with E-state index < -0.39 is 46.6 Å². The zero-order chi connectivity index (χ0) is 29.7. The summed E-state index contributed by atoms with van der Waals surface area (Å²) in [6, 6.07) is 10.2. The zero-order valence-electron chi connectivity index (χ0n) is 21.5. The van der Waals surface area contributed by atoms with Crippen molar-refractivity contribution in [2.24, 2.45) is 0 Å². The van der Waals surface area contributed by atoms with Crippen LogP contribution in [0, 0.1) is 12.4 Å². The molecule has 0 radical (unpaired) electrons. The molecule has 1 saturated heterocycles. The number of benzene rings is 3. The molecule has 0 bridgehead atoms. The Morgan fingerprint density at radius 2 is 1.80 bits per heavy atom. The van der Waals surface area contributed by atoms with E-state index in [-0.39, 0.29) is 23.5 Å². The van der Waals surface area contributed by atoms with Crippen LogP contribution in [0.1, 0.15) is 35.3 Å². The lowest BCUT2D eigenvalue weighted by atomic mass is 10.0. The van der Waals surface area contributed by atoms with Gasteiger partial charge in [0.2, 0.25) is 0 Å². The van der Waals surface area contributed by atoms with E-state index >= 15 is 4.39 Å². The molecular formula is C28H20F4N6O3. The number of nitrogens with one attached hydrogen (secondary N) is 2. The quantitative estimate of drug-likeness (QED) is 0.178. The Kier molecular flexibility index (Phi) is 6.49. The number of anilines is 2. The Balaban J connectivity index is 1.38. The monoisotopic (exact) mass is 564 g/mol. The first-order chi connectivity index (χ1) is 19.3. The van der Waals surface area contributed by atoms with Crippen molar-refractivity contribution < 1.29 is 31.9 Å². The van der Waals surface area contributed by atoms with Crippen LogP contribution in [0.5, 0.6) is 0 Å². The van der Waals surface area contributed by atoms with Crippen molar-refractivity contribution in [1.29, 1.82) is 0 Å². The normalized spacial score (nSPS) is 15.0. The van der Waals surface area contributed by atoms with Gasteiger partial charge in [0.25, 0.3) is 11.8 Å². The highest BCUT2D eigenvalue weighted by Gasteiger charge is 2.53. The molecular weight excluding hydrogens is 544 g/mol. The highest BCUT2D eigenvalue weighted by Crippen LogP contribution is 2.42. The molecule has 5 rings (SSSR count). The van der Waals surface area contributed by atoms with E-state index in [0.717, 1.165) is 34.0 Å². The molecule has 0 unspecified atom stereocenters. The van der Waals surface area contributed by atoms with Crippen LogP contribution in [0.2, 0.25) is 0 Å². The van der Waals surface area contributed by atoms with E-state index in [1.807, 2.05) is 0 Å². The highest BCUT2D eigenvalue weighted by atomic mass is 19.4. The molecule has 13 heteroatoms. The van der Waals surface area contributed by atoms with Crippen molar-refractivity contribution in [2.75, 3.05) is 9.80 Å². The molecule has 1 aliphatic rings. The number of hydrogen-bond acceptors (Lipinski definition) is 4. The summed E-state index contributed by atoms with van der Waals surface area (Å²) in [6.45, 7) is 9.59. The van der Waals surface area contributed by atoms with E-state index in [0.29, 0.717) is 16.5 Å². The molecule has 1 aliphatic heterocycles. The number of aromatic nitrogens is 2. The van der Waals surface area contributed by atoms with E-state index in [4.69, 9.17) is 6.57 Å². The first-order valence-corrected chi connectivity index (χ1v) is 12.1. The SMILES string of the molecule is [C-]#[N+]c1ccc(N2C(=O)N(c3ccc(CNC(=O)c4ccc5[nH]ncc5c4)c(F)c3)C(C)(C)C2=O)cc1C(F)(F)F. The van der Waals surface area contributed by atoms with E-state index in [2.05, 4.69) is 20.4 Å². The van der Waals surface area contributed by atoms with Gasteiger partial charge >= 0.3 is 12.2 Å². The Morgan fingerprint density at radius 3 is 2.49 bits per heavy atom. The summed E-state index contributed by atoms with van der Waals surface area (Å²) >= 11 is 0. The van der Waals surface area contributed by atoms with Gasteiger partial charge in [-0.05, 0) is 56.3 Å². The van der Waals surface area contributed by atoms with Crippen LogP contribution in [0.4, 0.5) is 39.4 Å². The van der Waals surface area contributed by atoms with Crippen LogP contribution in [0.15, 0.2) is 60.8 Å². The number of alkyl halides is 3. The van der Waals surface area contributed by atoms with Crippen LogP contribution in [0.3, 0.4) is 0 Å². The molecule has 1 aromatic heterocycles. The lowest BCUT2D eigenvalue weighted by molar-refractivity contribution is -0.136. The van der Waals surface area contributed by atoms with Gasteiger partial charge in [0.1, 0.15) is 11.4 Å². The molecule has 0 spiro atoms. The third kappa shape index (κ3) is 4.73. The first-order valence-electron chi connectivity index (χ1n) is 12.1. The molecule has 2 N–H and O–H groups in total. The number of nitrogens with zero attached hydrogens (tertiary/aromatic N) is 4. The smallest absolute Gasteiger partial charge is 0.348 e. The summed E-state index contributed by atoms with van der Waals surface area (Å²) in [6.07, 6.45) is -3.33. The fraction of sp³-hybridized carbons (Fsp3) is 0.179. The Hall–Kier alpha value is -5.25. The minimum atomic E-state index is -4.89. The molecule has 41 heavy (non-hydrogen) atoms. The van der Waals surface area contributed by atoms with Gasteiger partial charge in [-0.2, -0.15) is 18.3 Å². The van der Waals surface area contributed by atoms with Crippen molar-refractivity contribution in [3.05, 3.63) is 94.7 Å². The van der Waals surface area contributed by atoms with Gasteiger partial charge in [-0.25, -0.2) is 18.9 Å². The van der Waals surface area contributed by atoms with Gasteiger partial charge in [0, 0.05) is 28.7 Å². The second-order valence-electron chi connectivity index (χ2n) is 9.76. The Morgan fingerprint density at radius 1 is 1.07 bits per heavy atom. The molecule has 3 aromatic carbocycles. The van der Waals surface area contributed by atoms with Crippen molar-refractivity contribution in [3.8, 4) is 0 Å². The second kappa shape index (κ2) is 9.74. The third-order valence-electron chi connectivity index (χ3n) is 6.77. The second-order valence-corrected chi connectivity index (χ2v) is 9.76. The number of halogens is 4. The zero-order valence-corrected chi connectivity index (χ0v) is 21.5. The number of fused-ring (bicyclic) bond motifs is 1. The first kappa shape index (κ1) is 27.3. The van der Waals surface area contributed by atoms with Crippen LogP contribution < -0.4 is 15.1 Å². The van der Waals surface area contributed by atoms with Gasteiger partial charge in [0.15, 0.2) is 5.69 Å². The summed E-state index contributed by atoms with van der Waals surface area (Å²) < 4.78 is 55.7. The van der Waals surface area contributed by atoms with Crippen molar-refractivity contribution in [2.45, 2.75) is 32.1 Å². The molecule has 208 valence electrons. The fourth-order valence-electron chi connectivity index (χ4n) is 4.62. The van der Waals surface area contributed by atoms with Crippen molar-refractivity contribution >= 4 is 45.8 Å². The molecule has 9 nitrogen and oxygen atoms in total. The van der Waals surface area contributed by atoms with E-state index in [1.165, 1.54) is 26.0 Å². The number of carbonyl (C=O) groups is 3. The van der Waals surface area contributed by atoms with Gasteiger partial charge in [-0.1, -0.05) is 12.1 Å². The van der Waals surface area contributed by atoms with Gasteiger partial charge in [0.05, 0.1) is 29.5 Å². The van der Waals surface area contributed by atoms with Crippen LogP contribution in [-0.2, 0) is 17.5 Å². The predicted octanol–water partition coefficient (Wildman–Crippen LogP) is 5.95. The predicted molar refractivity (Wildman–Crippen MR) is 141 cm³/mol. The summed E-state index contributed by atoms with van der Waals surface area (Å²) in [4.78, 5) is 43.6. The van der Waals surface area contributed by atoms with Crippen molar-refractivity contribution in [1.82, 2.24) is 15.5 Å². The van der Waals surface area contributed by atoms with Gasteiger partial charge in [-0.15, -0.1) is 0 Å². The molecule has 0 saturated carbocycles. The Bertz CT molecular complexity index is 1770. The number of H-pyrrole nitrogens is 1. The van der Waals surface area contributed by atoms with E-state index in [1.54, 1.807) is 24.4 Å². The summed E-state index contributed by atoms with van der Waals surface area (Å²) in [5.74, 6) is -2.06. The third-order valence-corrected chi connectivity index (χ3v) is 6.77. The largest absolute Gasteiger partial charge is 0.407 e. The molecule has 0 aliphatic carbocycles. The average molecular weight is 564 g/mol. The molecule has 2 heterocycles. The summed E-state index contributed by atoms with van der Waals surface area (Å²) in [5, 5.41) is 10.0. The van der Waals surface area contributed by atoms with Crippen LogP contribution >= 0.6 is 0 Å². The molecule has 0 atom stereocenters. The number of hydrogen-bond donors (Lipinski definition) is 2. The van der Waals surface area contributed by atoms with E-state index in [9.17, 15) is 27.6 Å². The summed E-state index contributed by atoms with van der Waals surface area (Å²) in [5.41, 5.74) is -2.73. The van der Waals surface area contributed by atoms with Crippen molar-refractivity contribution in [3.63, 3.8) is 0 Å². The number of aromatic amines is 1. The number of urea groups is 1. The van der Waals surface area contributed by atoms with Crippen LogP contribution in [-0.4, -0.2) is 33.6 Å². The lowest BCUT2D eigenvalue weighted by Crippen LogP contribution is -2.44. The number of amides is 4. The minimum absolute atomic E-state index is 0.0114. The molecule has 4 amide bonds. The maximum Gasteiger partial charge on any atom is 0.407 e. The number of rotatable bonds is 5. The van der Waals surface area contributed by atoms with Gasteiger partial charge < -0.3 is 5.32 Å². The average Bonchev–Trinajstić information content (AvgIpc) is 3.46. The molecule has 1 fully saturated rings. The Labute approximate surface area is 230 Å². The topological polar surface area (TPSA) is 103 Å². The van der Waals surface area contributed by atoms with Crippen LogP contribution in [0.25, 0.3) is 15.7 Å². The highest BCUT2D eigenvalue weighted by molar-refractivity contribution is 6.30. The molecule has 4 aromatic rings. The number of imide groups is 1. The maximum absolute atomic E-state index is 15.1. The summed E-state index contributed by atoms with van der Waals surface area (Å²) in [7, 11) is 0. The maximum atomic E-state index is 15.1. The number of carbonyl (C=O) groups excluding carboxylic acids is 3.